The van der Waals surface area contributed by atoms with Crippen LogP contribution in [0.5, 0.6) is 23.0 Å². The zero-order valence-corrected chi connectivity index (χ0v) is 15.5. The van der Waals surface area contributed by atoms with E-state index in [2.05, 4.69) is 9.97 Å². The van der Waals surface area contributed by atoms with Crippen LogP contribution in [0.15, 0.2) is 66.7 Å². The number of fused-ring (bicyclic) bond motifs is 1. The molecule has 0 fully saturated rings. The molecule has 0 aliphatic heterocycles. The van der Waals surface area contributed by atoms with Crippen LogP contribution in [0, 0.1) is 0 Å². The first-order valence-electron chi connectivity index (χ1n) is 8.71. The second-order valence-corrected chi connectivity index (χ2v) is 6.07. The number of rotatable bonds is 5. The van der Waals surface area contributed by atoms with Crippen molar-refractivity contribution in [2.45, 2.75) is 0 Å². The number of nitrogens with zero attached hydrogens (tertiary/aromatic N) is 2. The molecule has 1 heterocycles. The summed E-state index contributed by atoms with van der Waals surface area (Å²) in [4.78, 5) is 9.10. The summed E-state index contributed by atoms with van der Waals surface area (Å²) in [5.74, 6) is 3.48. The first-order valence-corrected chi connectivity index (χ1v) is 8.71. The Balaban J connectivity index is 1.69. The van der Waals surface area contributed by atoms with E-state index in [1.54, 1.807) is 20.3 Å². The van der Waals surface area contributed by atoms with Crippen LogP contribution >= 0.6 is 0 Å². The van der Waals surface area contributed by atoms with Gasteiger partial charge in [0.1, 0.15) is 17.3 Å². The second kappa shape index (κ2) is 7.44. The van der Waals surface area contributed by atoms with E-state index >= 15 is 0 Å². The number of para-hydroxylation sites is 1. The smallest absolute Gasteiger partial charge is 0.173 e. The third kappa shape index (κ3) is 3.27. The Labute approximate surface area is 162 Å². The Morgan fingerprint density at radius 3 is 2.14 bits per heavy atom. The molecular weight excluding hydrogens is 354 g/mol. The number of methoxy groups -OCH3 is 2. The highest BCUT2D eigenvalue weighted by Crippen LogP contribution is 2.38. The van der Waals surface area contributed by atoms with Gasteiger partial charge in [0.15, 0.2) is 17.3 Å². The molecule has 4 rings (SSSR count). The summed E-state index contributed by atoms with van der Waals surface area (Å²) in [6.45, 7) is 0. The molecule has 0 atom stereocenters. The van der Waals surface area contributed by atoms with Crippen molar-refractivity contribution in [3.8, 4) is 34.4 Å². The minimum absolute atomic E-state index is 0.334. The predicted octanol–water partition coefficient (Wildman–Crippen LogP) is 4.69. The van der Waals surface area contributed by atoms with Crippen molar-refractivity contribution in [3.63, 3.8) is 0 Å². The van der Waals surface area contributed by atoms with Gasteiger partial charge >= 0.3 is 0 Å². The molecule has 0 amide bonds. The maximum atomic E-state index is 6.22. The van der Waals surface area contributed by atoms with Crippen molar-refractivity contribution in [1.82, 2.24) is 9.97 Å². The van der Waals surface area contributed by atoms with E-state index in [1.807, 2.05) is 60.7 Å². The number of benzene rings is 3. The van der Waals surface area contributed by atoms with E-state index in [9.17, 15) is 0 Å². The van der Waals surface area contributed by atoms with Crippen molar-refractivity contribution in [3.05, 3.63) is 66.7 Å². The number of hydrogen-bond acceptors (Lipinski definition) is 6. The molecule has 140 valence electrons. The minimum Gasteiger partial charge on any atom is -0.493 e. The molecule has 0 unspecified atom stereocenters. The number of aromatic nitrogens is 2. The van der Waals surface area contributed by atoms with Crippen molar-refractivity contribution >= 4 is 16.7 Å². The molecular formula is C22H19N3O3. The first-order chi connectivity index (χ1) is 13.7. The van der Waals surface area contributed by atoms with E-state index < -0.39 is 0 Å². The average molecular weight is 373 g/mol. The van der Waals surface area contributed by atoms with E-state index in [0.29, 0.717) is 34.0 Å². The zero-order chi connectivity index (χ0) is 19.5. The normalized spacial score (nSPS) is 10.6. The Kier molecular flexibility index (Phi) is 4.68. The van der Waals surface area contributed by atoms with Gasteiger partial charge in [0.2, 0.25) is 0 Å². The fourth-order valence-electron chi connectivity index (χ4n) is 2.99. The number of ether oxygens (including phenoxy) is 3. The van der Waals surface area contributed by atoms with Crippen LogP contribution in [0.25, 0.3) is 22.3 Å². The van der Waals surface area contributed by atoms with Crippen LogP contribution < -0.4 is 19.9 Å². The lowest BCUT2D eigenvalue weighted by Crippen LogP contribution is -2.01. The number of hydrogen-bond donors (Lipinski definition) is 1. The number of anilines is 1. The Morgan fingerprint density at radius 1 is 0.750 bits per heavy atom. The summed E-state index contributed by atoms with van der Waals surface area (Å²) in [5, 5.41) is 0.634. The molecule has 0 aliphatic carbocycles. The Morgan fingerprint density at radius 2 is 1.46 bits per heavy atom. The molecule has 28 heavy (non-hydrogen) atoms. The highest BCUT2D eigenvalue weighted by molar-refractivity contribution is 5.96. The monoisotopic (exact) mass is 373 g/mol. The van der Waals surface area contributed by atoms with Gasteiger partial charge in [-0.25, -0.2) is 9.97 Å². The van der Waals surface area contributed by atoms with Crippen molar-refractivity contribution < 1.29 is 14.2 Å². The third-order valence-corrected chi connectivity index (χ3v) is 4.32. The molecule has 0 aliphatic rings. The average Bonchev–Trinajstić information content (AvgIpc) is 2.74. The fraction of sp³-hybridized carbons (Fsp3) is 0.0909. The minimum atomic E-state index is 0.334. The lowest BCUT2D eigenvalue weighted by molar-refractivity contribution is 0.358. The van der Waals surface area contributed by atoms with Gasteiger partial charge in [0.25, 0.3) is 0 Å². The highest BCUT2D eigenvalue weighted by Gasteiger charge is 2.15. The van der Waals surface area contributed by atoms with Crippen molar-refractivity contribution in [2.24, 2.45) is 0 Å². The largest absolute Gasteiger partial charge is 0.493 e. The van der Waals surface area contributed by atoms with Crippen molar-refractivity contribution in [2.75, 3.05) is 20.0 Å². The van der Waals surface area contributed by atoms with Crippen LogP contribution in [-0.2, 0) is 0 Å². The Hall–Kier alpha value is -3.80. The molecule has 3 aromatic carbocycles. The van der Waals surface area contributed by atoms with Gasteiger partial charge in [-0.1, -0.05) is 18.2 Å². The van der Waals surface area contributed by atoms with E-state index in [1.165, 1.54) is 0 Å². The van der Waals surface area contributed by atoms with Crippen LogP contribution in [0.1, 0.15) is 0 Å². The highest BCUT2D eigenvalue weighted by atomic mass is 16.5. The van der Waals surface area contributed by atoms with Gasteiger partial charge in [-0.3, -0.25) is 0 Å². The molecule has 0 saturated heterocycles. The standard InChI is InChI=1S/C22H19N3O3/c1-26-18-13-12-17-19(20(18)27-2)21(23)25-22(24-17)14-8-10-16(11-9-14)28-15-6-4-3-5-7-15/h3-13H,1-2H3,(H2,23,24,25). The number of nitrogens with two attached hydrogens (primary N) is 1. The summed E-state index contributed by atoms with van der Waals surface area (Å²) in [5.41, 5.74) is 7.74. The second-order valence-electron chi connectivity index (χ2n) is 6.07. The summed E-state index contributed by atoms with van der Waals surface area (Å²) in [6, 6.07) is 20.8. The van der Waals surface area contributed by atoms with Gasteiger partial charge in [-0.15, -0.1) is 0 Å². The molecule has 6 heteroatoms. The van der Waals surface area contributed by atoms with E-state index in [-0.39, 0.29) is 0 Å². The molecule has 4 aromatic rings. The molecule has 0 saturated carbocycles. The molecule has 0 radical (unpaired) electrons. The SMILES string of the molecule is COc1ccc2nc(-c3ccc(Oc4ccccc4)cc3)nc(N)c2c1OC. The van der Waals surface area contributed by atoms with Crippen LogP contribution in [0.2, 0.25) is 0 Å². The van der Waals surface area contributed by atoms with Gasteiger partial charge in [0.05, 0.1) is 25.1 Å². The summed E-state index contributed by atoms with van der Waals surface area (Å²) < 4.78 is 16.6. The van der Waals surface area contributed by atoms with Gasteiger partial charge in [-0.05, 0) is 48.5 Å². The van der Waals surface area contributed by atoms with Gasteiger partial charge in [0, 0.05) is 5.56 Å². The molecule has 1 aromatic heterocycles. The quantitative estimate of drug-likeness (QED) is 0.547. The molecule has 2 N–H and O–H groups in total. The lowest BCUT2D eigenvalue weighted by atomic mass is 10.1. The molecule has 6 nitrogen and oxygen atoms in total. The summed E-state index contributed by atoms with van der Waals surface area (Å²) >= 11 is 0. The zero-order valence-electron chi connectivity index (χ0n) is 15.5. The maximum absolute atomic E-state index is 6.22. The maximum Gasteiger partial charge on any atom is 0.173 e. The van der Waals surface area contributed by atoms with Crippen LogP contribution in [0.4, 0.5) is 5.82 Å². The first kappa shape index (κ1) is 17.6. The predicted molar refractivity (Wildman–Crippen MR) is 109 cm³/mol. The third-order valence-electron chi connectivity index (χ3n) is 4.32. The van der Waals surface area contributed by atoms with E-state index in [0.717, 1.165) is 17.1 Å². The number of nitrogen functional groups attached to an aromatic ring is 1. The van der Waals surface area contributed by atoms with Crippen molar-refractivity contribution in [1.29, 1.82) is 0 Å². The summed E-state index contributed by atoms with van der Waals surface area (Å²) in [7, 11) is 3.14. The van der Waals surface area contributed by atoms with E-state index in [4.69, 9.17) is 19.9 Å². The topological polar surface area (TPSA) is 79.5 Å². The van der Waals surface area contributed by atoms with Gasteiger partial charge < -0.3 is 19.9 Å². The molecule has 0 spiro atoms. The summed E-state index contributed by atoms with van der Waals surface area (Å²) in [6.07, 6.45) is 0. The van der Waals surface area contributed by atoms with Crippen LogP contribution in [-0.4, -0.2) is 24.2 Å². The van der Waals surface area contributed by atoms with Crippen LogP contribution in [0.3, 0.4) is 0 Å². The lowest BCUT2D eigenvalue weighted by Gasteiger charge is -2.13. The van der Waals surface area contributed by atoms with Gasteiger partial charge in [-0.2, -0.15) is 0 Å². The molecule has 0 bridgehead atoms. The fourth-order valence-corrected chi connectivity index (χ4v) is 2.99. The Bertz CT molecular complexity index is 1110.